The van der Waals surface area contributed by atoms with Gasteiger partial charge in [0, 0.05) is 12.1 Å². The van der Waals surface area contributed by atoms with Gasteiger partial charge >= 0.3 is 6.09 Å². The topological polar surface area (TPSA) is 76.7 Å². The van der Waals surface area contributed by atoms with Crippen LogP contribution in [0.5, 0.6) is 0 Å². The molecule has 0 saturated heterocycles. The molecule has 0 fully saturated rings. The molecule has 22 heavy (non-hydrogen) atoms. The van der Waals surface area contributed by atoms with E-state index in [2.05, 4.69) is 10.3 Å². The third-order valence-electron chi connectivity index (χ3n) is 2.87. The second kappa shape index (κ2) is 7.90. The number of hydrogen-bond acceptors (Lipinski definition) is 4. The summed E-state index contributed by atoms with van der Waals surface area (Å²) in [5.41, 5.74) is 7.04. The van der Waals surface area contributed by atoms with E-state index in [4.69, 9.17) is 10.5 Å². The van der Waals surface area contributed by atoms with Crippen LogP contribution < -0.4 is 11.1 Å². The van der Waals surface area contributed by atoms with Crippen molar-refractivity contribution in [2.45, 2.75) is 13.2 Å². The SMILES string of the molecule is NCc1ccc(N=CNC(=O)OCc2ccccc2)cc1F. The predicted octanol–water partition coefficient (Wildman–Crippen LogP) is 2.87. The van der Waals surface area contributed by atoms with Gasteiger partial charge in [-0.25, -0.2) is 14.2 Å². The third kappa shape index (κ3) is 4.68. The molecule has 0 aliphatic heterocycles. The van der Waals surface area contributed by atoms with E-state index >= 15 is 0 Å². The molecule has 0 radical (unpaired) electrons. The molecule has 0 heterocycles. The summed E-state index contributed by atoms with van der Waals surface area (Å²) < 4.78 is 18.5. The highest BCUT2D eigenvalue weighted by atomic mass is 19.1. The molecule has 1 amide bonds. The average molecular weight is 301 g/mol. The maximum Gasteiger partial charge on any atom is 0.412 e. The Bertz CT molecular complexity index is 660. The number of nitrogens with two attached hydrogens (primary N) is 1. The number of carbonyl (C=O) groups excluding carboxylic acids is 1. The number of rotatable bonds is 5. The number of nitrogens with one attached hydrogen (secondary N) is 1. The third-order valence-corrected chi connectivity index (χ3v) is 2.87. The van der Waals surface area contributed by atoms with Gasteiger partial charge in [-0.05, 0) is 17.7 Å². The molecular formula is C16H16FN3O2. The minimum atomic E-state index is -0.633. The lowest BCUT2D eigenvalue weighted by atomic mass is 10.2. The van der Waals surface area contributed by atoms with Crippen molar-refractivity contribution in [2.75, 3.05) is 0 Å². The highest BCUT2D eigenvalue weighted by Crippen LogP contribution is 2.16. The van der Waals surface area contributed by atoms with E-state index in [-0.39, 0.29) is 13.2 Å². The number of halogens is 1. The molecule has 0 aliphatic rings. The zero-order chi connectivity index (χ0) is 15.8. The first-order valence-corrected chi connectivity index (χ1v) is 6.67. The van der Waals surface area contributed by atoms with Gasteiger partial charge in [0.1, 0.15) is 12.4 Å². The fourth-order valence-corrected chi connectivity index (χ4v) is 1.71. The summed E-state index contributed by atoms with van der Waals surface area (Å²) in [6, 6.07) is 13.7. The van der Waals surface area contributed by atoms with Crippen LogP contribution in [0.15, 0.2) is 53.5 Å². The minimum absolute atomic E-state index is 0.125. The molecule has 0 spiro atoms. The fourth-order valence-electron chi connectivity index (χ4n) is 1.71. The molecular weight excluding hydrogens is 285 g/mol. The second-order valence-electron chi connectivity index (χ2n) is 4.44. The van der Waals surface area contributed by atoms with Crippen molar-refractivity contribution in [2.24, 2.45) is 10.7 Å². The van der Waals surface area contributed by atoms with Crippen LogP contribution in [0.2, 0.25) is 0 Å². The summed E-state index contributed by atoms with van der Waals surface area (Å²) in [5.74, 6) is -0.427. The molecule has 2 aromatic carbocycles. The first kappa shape index (κ1) is 15.7. The lowest BCUT2D eigenvalue weighted by Crippen LogP contribution is -2.22. The first-order chi connectivity index (χ1) is 10.7. The number of nitrogens with zero attached hydrogens (tertiary/aromatic N) is 1. The van der Waals surface area contributed by atoms with Gasteiger partial charge in [-0.3, -0.25) is 5.32 Å². The predicted molar refractivity (Wildman–Crippen MR) is 82.2 cm³/mol. The van der Waals surface area contributed by atoms with E-state index in [0.717, 1.165) is 11.9 Å². The van der Waals surface area contributed by atoms with Crippen LogP contribution in [0, 0.1) is 5.82 Å². The molecule has 0 unspecified atom stereocenters. The van der Waals surface area contributed by atoms with Gasteiger partial charge in [0.15, 0.2) is 0 Å². The molecule has 0 saturated carbocycles. The Kier molecular flexibility index (Phi) is 5.62. The van der Waals surface area contributed by atoms with E-state index < -0.39 is 11.9 Å². The number of hydrogen-bond donors (Lipinski definition) is 2. The van der Waals surface area contributed by atoms with Crippen LogP contribution in [-0.4, -0.2) is 12.4 Å². The van der Waals surface area contributed by atoms with Gasteiger partial charge in [0.2, 0.25) is 0 Å². The van der Waals surface area contributed by atoms with Crippen molar-refractivity contribution >= 4 is 18.1 Å². The van der Waals surface area contributed by atoms with Gasteiger partial charge in [-0.15, -0.1) is 0 Å². The Balaban J connectivity index is 1.81. The monoisotopic (exact) mass is 301 g/mol. The number of alkyl carbamates (subject to hydrolysis) is 1. The Morgan fingerprint density at radius 2 is 2.05 bits per heavy atom. The molecule has 2 aromatic rings. The smallest absolute Gasteiger partial charge is 0.412 e. The summed E-state index contributed by atoms with van der Waals surface area (Å²) in [5, 5.41) is 2.35. The lowest BCUT2D eigenvalue weighted by molar-refractivity contribution is 0.145. The van der Waals surface area contributed by atoms with Crippen LogP contribution in [-0.2, 0) is 17.9 Å². The highest BCUT2D eigenvalue weighted by Gasteiger charge is 2.02. The lowest BCUT2D eigenvalue weighted by Gasteiger charge is -2.04. The quantitative estimate of drug-likeness (QED) is 0.658. The van der Waals surface area contributed by atoms with E-state index in [1.54, 1.807) is 12.1 Å². The zero-order valence-corrected chi connectivity index (χ0v) is 11.8. The minimum Gasteiger partial charge on any atom is -0.444 e. The van der Waals surface area contributed by atoms with Crippen molar-refractivity contribution in [3.63, 3.8) is 0 Å². The van der Waals surface area contributed by atoms with E-state index in [0.29, 0.717) is 11.3 Å². The normalized spacial score (nSPS) is 10.6. The highest BCUT2D eigenvalue weighted by molar-refractivity contribution is 5.83. The number of ether oxygens (including phenoxy) is 1. The average Bonchev–Trinajstić information content (AvgIpc) is 2.54. The van der Waals surface area contributed by atoms with Gasteiger partial charge in [-0.1, -0.05) is 36.4 Å². The molecule has 5 nitrogen and oxygen atoms in total. The van der Waals surface area contributed by atoms with E-state index in [9.17, 15) is 9.18 Å². The molecule has 2 rings (SSSR count). The Hall–Kier alpha value is -2.73. The Morgan fingerprint density at radius 1 is 1.27 bits per heavy atom. The molecule has 3 N–H and O–H groups in total. The van der Waals surface area contributed by atoms with Crippen LogP contribution in [0.25, 0.3) is 0 Å². The van der Waals surface area contributed by atoms with Crippen molar-refractivity contribution in [3.05, 3.63) is 65.5 Å². The van der Waals surface area contributed by atoms with Gasteiger partial charge in [0.25, 0.3) is 0 Å². The molecule has 0 aliphatic carbocycles. The van der Waals surface area contributed by atoms with Crippen molar-refractivity contribution in [1.29, 1.82) is 0 Å². The van der Waals surface area contributed by atoms with Crippen LogP contribution >= 0.6 is 0 Å². The zero-order valence-electron chi connectivity index (χ0n) is 11.8. The first-order valence-electron chi connectivity index (χ1n) is 6.67. The van der Waals surface area contributed by atoms with Gasteiger partial charge in [-0.2, -0.15) is 0 Å². The summed E-state index contributed by atoms with van der Waals surface area (Å²) in [6.07, 6.45) is 0.524. The summed E-state index contributed by atoms with van der Waals surface area (Å²) in [4.78, 5) is 15.4. The Labute approximate surface area is 127 Å². The second-order valence-corrected chi connectivity index (χ2v) is 4.44. The number of amides is 1. The van der Waals surface area contributed by atoms with E-state index in [1.165, 1.54) is 6.07 Å². The number of aliphatic imine (C=N–C) groups is 1. The van der Waals surface area contributed by atoms with Crippen LogP contribution in [0.3, 0.4) is 0 Å². The summed E-state index contributed by atoms with van der Waals surface area (Å²) >= 11 is 0. The van der Waals surface area contributed by atoms with Crippen molar-refractivity contribution < 1.29 is 13.9 Å². The number of benzene rings is 2. The maximum atomic E-state index is 13.5. The Morgan fingerprint density at radius 3 is 2.73 bits per heavy atom. The largest absolute Gasteiger partial charge is 0.444 e. The van der Waals surface area contributed by atoms with Gasteiger partial charge in [0.05, 0.1) is 12.0 Å². The van der Waals surface area contributed by atoms with Crippen molar-refractivity contribution in [1.82, 2.24) is 5.32 Å². The molecule has 114 valence electrons. The van der Waals surface area contributed by atoms with Crippen molar-refractivity contribution in [3.8, 4) is 0 Å². The molecule has 0 bridgehead atoms. The van der Waals surface area contributed by atoms with Crippen LogP contribution in [0.1, 0.15) is 11.1 Å². The molecule has 6 heteroatoms. The molecule has 0 atom stereocenters. The fraction of sp³-hybridized carbons (Fsp3) is 0.125. The van der Waals surface area contributed by atoms with E-state index in [1.807, 2.05) is 30.3 Å². The van der Waals surface area contributed by atoms with Crippen LogP contribution in [0.4, 0.5) is 14.9 Å². The standard InChI is InChI=1S/C16H16FN3O2/c17-15-8-14(7-6-13(15)9-18)19-11-20-16(21)22-10-12-4-2-1-3-5-12/h1-8,11H,9-10,18H2,(H,19,20,21). The maximum absolute atomic E-state index is 13.5. The number of carbonyl (C=O) groups is 1. The molecule has 0 aromatic heterocycles. The summed E-state index contributed by atoms with van der Waals surface area (Å²) in [6.45, 7) is 0.292. The van der Waals surface area contributed by atoms with Gasteiger partial charge < -0.3 is 10.5 Å². The summed E-state index contributed by atoms with van der Waals surface area (Å²) in [7, 11) is 0.